The lowest BCUT2D eigenvalue weighted by molar-refractivity contribution is -0.119. The molecule has 0 aliphatic heterocycles. The quantitative estimate of drug-likeness (QED) is 0.864. The summed E-state index contributed by atoms with van der Waals surface area (Å²) in [5.74, 6) is -0.00169. The molecule has 1 aromatic rings. The lowest BCUT2D eigenvalue weighted by Crippen LogP contribution is -2.30. The van der Waals surface area contributed by atoms with Crippen LogP contribution >= 0.6 is 27.3 Å². The highest BCUT2D eigenvalue weighted by Gasteiger charge is 2.02. The zero-order chi connectivity index (χ0) is 10.4. The Morgan fingerprint density at radius 2 is 2.50 bits per heavy atom. The first-order valence-electron chi connectivity index (χ1n) is 4.34. The number of thiazole rings is 1. The highest BCUT2D eigenvalue weighted by atomic mass is 79.9. The molecular formula is C8H12BrN3OS. The molecule has 0 aliphatic rings. The molecule has 0 bridgehead atoms. The molecule has 1 aromatic heterocycles. The Labute approximate surface area is 95.2 Å². The molecule has 0 saturated carbocycles. The molecule has 1 heterocycles. The summed E-state index contributed by atoms with van der Waals surface area (Å²) in [6.07, 6.45) is 0.953. The van der Waals surface area contributed by atoms with Crippen LogP contribution in [-0.4, -0.2) is 24.0 Å². The summed E-state index contributed by atoms with van der Waals surface area (Å²) in [6, 6.07) is 0. The SMILES string of the molecule is CCCNC(=O)CNc1nc(Br)cs1. The van der Waals surface area contributed by atoms with Gasteiger partial charge in [0.25, 0.3) is 0 Å². The van der Waals surface area contributed by atoms with Gasteiger partial charge in [0.1, 0.15) is 4.60 Å². The number of anilines is 1. The second kappa shape index (κ2) is 5.98. The van der Waals surface area contributed by atoms with E-state index < -0.39 is 0 Å². The van der Waals surface area contributed by atoms with Gasteiger partial charge in [0.15, 0.2) is 5.13 Å². The van der Waals surface area contributed by atoms with Crippen LogP contribution in [0.3, 0.4) is 0 Å². The predicted octanol–water partition coefficient (Wildman–Crippen LogP) is 1.84. The highest BCUT2D eigenvalue weighted by Crippen LogP contribution is 2.18. The minimum absolute atomic E-state index is 0.00169. The number of aromatic nitrogens is 1. The van der Waals surface area contributed by atoms with E-state index in [0.717, 1.165) is 22.7 Å². The number of rotatable bonds is 5. The van der Waals surface area contributed by atoms with E-state index in [1.54, 1.807) is 0 Å². The van der Waals surface area contributed by atoms with Gasteiger partial charge in [-0.1, -0.05) is 6.92 Å². The van der Waals surface area contributed by atoms with Crippen LogP contribution in [0.4, 0.5) is 5.13 Å². The van der Waals surface area contributed by atoms with Gasteiger partial charge in [0, 0.05) is 11.9 Å². The maximum Gasteiger partial charge on any atom is 0.239 e. The summed E-state index contributed by atoms with van der Waals surface area (Å²) in [6.45, 7) is 3.02. The van der Waals surface area contributed by atoms with Crippen molar-refractivity contribution in [3.63, 3.8) is 0 Å². The summed E-state index contributed by atoms with van der Waals surface area (Å²) < 4.78 is 0.791. The summed E-state index contributed by atoms with van der Waals surface area (Å²) >= 11 is 4.71. The molecule has 78 valence electrons. The fourth-order valence-electron chi connectivity index (χ4n) is 0.818. The molecule has 0 radical (unpaired) electrons. The van der Waals surface area contributed by atoms with Gasteiger partial charge in [-0.05, 0) is 22.4 Å². The van der Waals surface area contributed by atoms with E-state index in [0.29, 0.717) is 0 Å². The Bertz CT molecular complexity index is 303. The second-order valence-corrected chi connectivity index (χ2v) is 4.35. The number of nitrogens with one attached hydrogen (secondary N) is 2. The summed E-state index contributed by atoms with van der Waals surface area (Å²) in [5, 5.41) is 8.33. The van der Waals surface area contributed by atoms with Crippen LogP contribution in [0.2, 0.25) is 0 Å². The van der Waals surface area contributed by atoms with E-state index >= 15 is 0 Å². The van der Waals surface area contributed by atoms with Gasteiger partial charge in [0.05, 0.1) is 6.54 Å². The van der Waals surface area contributed by atoms with Crippen molar-refractivity contribution in [2.24, 2.45) is 0 Å². The predicted molar refractivity (Wildman–Crippen MR) is 61.6 cm³/mol. The Morgan fingerprint density at radius 3 is 3.07 bits per heavy atom. The molecule has 0 unspecified atom stereocenters. The van der Waals surface area contributed by atoms with Gasteiger partial charge in [-0.15, -0.1) is 11.3 Å². The Balaban J connectivity index is 2.23. The number of hydrogen-bond donors (Lipinski definition) is 2. The van der Waals surface area contributed by atoms with Crippen LogP contribution in [0.15, 0.2) is 9.98 Å². The van der Waals surface area contributed by atoms with E-state index in [-0.39, 0.29) is 12.5 Å². The average molecular weight is 278 g/mol. The van der Waals surface area contributed by atoms with Crippen molar-refractivity contribution in [1.29, 1.82) is 0 Å². The minimum atomic E-state index is -0.00169. The number of halogens is 1. The number of carbonyl (C=O) groups is 1. The van der Waals surface area contributed by atoms with Crippen LogP contribution in [0.5, 0.6) is 0 Å². The average Bonchev–Trinajstić information content (AvgIpc) is 2.58. The monoisotopic (exact) mass is 277 g/mol. The molecule has 1 rings (SSSR count). The van der Waals surface area contributed by atoms with Gasteiger partial charge in [-0.25, -0.2) is 4.98 Å². The maximum atomic E-state index is 11.2. The minimum Gasteiger partial charge on any atom is -0.355 e. The molecule has 0 saturated heterocycles. The van der Waals surface area contributed by atoms with Crippen LogP contribution < -0.4 is 10.6 Å². The zero-order valence-electron chi connectivity index (χ0n) is 7.84. The number of hydrogen-bond acceptors (Lipinski definition) is 4. The Morgan fingerprint density at radius 1 is 1.71 bits per heavy atom. The highest BCUT2D eigenvalue weighted by molar-refractivity contribution is 9.10. The molecule has 14 heavy (non-hydrogen) atoms. The second-order valence-electron chi connectivity index (χ2n) is 2.68. The molecule has 0 atom stereocenters. The molecule has 2 N–H and O–H groups in total. The van der Waals surface area contributed by atoms with E-state index in [2.05, 4.69) is 31.5 Å². The van der Waals surface area contributed by atoms with Crippen molar-refractivity contribution in [1.82, 2.24) is 10.3 Å². The van der Waals surface area contributed by atoms with Gasteiger partial charge in [-0.3, -0.25) is 4.79 Å². The van der Waals surface area contributed by atoms with Crippen LogP contribution in [0, 0.1) is 0 Å². The molecule has 4 nitrogen and oxygen atoms in total. The lowest BCUT2D eigenvalue weighted by atomic mass is 10.4. The summed E-state index contributed by atoms with van der Waals surface area (Å²) in [4.78, 5) is 15.3. The number of amides is 1. The molecule has 6 heteroatoms. The number of carbonyl (C=O) groups excluding carboxylic acids is 1. The van der Waals surface area contributed by atoms with Crippen LogP contribution in [-0.2, 0) is 4.79 Å². The van der Waals surface area contributed by atoms with Crippen molar-refractivity contribution in [2.75, 3.05) is 18.4 Å². The maximum absolute atomic E-state index is 11.2. The van der Waals surface area contributed by atoms with Gasteiger partial charge in [0.2, 0.25) is 5.91 Å². The van der Waals surface area contributed by atoms with Crippen LogP contribution in [0.25, 0.3) is 0 Å². The zero-order valence-corrected chi connectivity index (χ0v) is 10.2. The van der Waals surface area contributed by atoms with Crippen molar-refractivity contribution in [2.45, 2.75) is 13.3 Å². The van der Waals surface area contributed by atoms with Gasteiger partial charge in [-0.2, -0.15) is 0 Å². The fraction of sp³-hybridized carbons (Fsp3) is 0.500. The van der Waals surface area contributed by atoms with Crippen molar-refractivity contribution in [3.05, 3.63) is 9.98 Å². The van der Waals surface area contributed by atoms with E-state index in [1.807, 2.05) is 12.3 Å². The van der Waals surface area contributed by atoms with Crippen molar-refractivity contribution in [3.8, 4) is 0 Å². The van der Waals surface area contributed by atoms with Crippen molar-refractivity contribution < 1.29 is 4.79 Å². The topological polar surface area (TPSA) is 54.0 Å². The molecule has 1 amide bonds. The normalized spacial score (nSPS) is 9.86. The molecule has 0 aliphatic carbocycles. The third kappa shape index (κ3) is 4.06. The lowest BCUT2D eigenvalue weighted by Gasteiger charge is -2.03. The molecular weight excluding hydrogens is 266 g/mol. The summed E-state index contributed by atoms with van der Waals surface area (Å²) in [5.41, 5.74) is 0. The first-order chi connectivity index (χ1) is 6.72. The smallest absolute Gasteiger partial charge is 0.239 e. The molecule has 0 fully saturated rings. The first kappa shape index (κ1) is 11.5. The van der Waals surface area contributed by atoms with E-state index in [9.17, 15) is 4.79 Å². The van der Waals surface area contributed by atoms with Gasteiger partial charge >= 0.3 is 0 Å². The summed E-state index contributed by atoms with van der Waals surface area (Å²) in [7, 11) is 0. The van der Waals surface area contributed by atoms with E-state index in [1.165, 1.54) is 11.3 Å². The number of nitrogens with zero attached hydrogens (tertiary/aromatic N) is 1. The van der Waals surface area contributed by atoms with Crippen LogP contribution in [0.1, 0.15) is 13.3 Å². The van der Waals surface area contributed by atoms with E-state index in [4.69, 9.17) is 0 Å². The largest absolute Gasteiger partial charge is 0.355 e. The standard InChI is InChI=1S/C8H12BrN3OS/c1-2-3-10-7(13)4-11-8-12-6(9)5-14-8/h5H,2-4H2,1H3,(H,10,13)(H,11,12). The molecule has 0 spiro atoms. The van der Waals surface area contributed by atoms with Gasteiger partial charge < -0.3 is 10.6 Å². The third-order valence-electron chi connectivity index (χ3n) is 1.45. The van der Waals surface area contributed by atoms with Crippen molar-refractivity contribution >= 4 is 38.3 Å². The third-order valence-corrected chi connectivity index (χ3v) is 2.96. The fourth-order valence-corrected chi connectivity index (χ4v) is 1.96. The first-order valence-corrected chi connectivity index (χ1v) is 6.01. The Kier molecular flexibility index (Phi) is 4.89. The Hall–Kier alpha value is -0.620. The molecule has 0 aromatic carbocycles.